The summed E-state index contributed by atoms with van der Waals surface area (Å²) in [6.07, 6.45) is 4.66. The van der Waals surface area contributed by atoms with Crippen LogP contribution < -0.4 is 10.6 Å². The number of urea groups is 1. The van der Waals surface area contributed by atoms with E-state index in [0.717, 1.165) is 23.3 Å². The lowest BCUT2D eigenvalue weighted by Crippen LogP contribution is -2.52. The molecule has 4 amide bonds. The fraction of sp³-hybridized carbons (Fsp3) is 0.500. The molecule has 0 radical (unpaired) electrons. The Hall–Kier alpha value is -2.88. The molecule has 0 aromatic heterocycles. The molecule has 2 fully saturated rings. The summed E-state index contributed by atoms with van der Waals surface area (Å²) in [5.74, 6) is -0.815. The number of hydrogen-bond donors (Lipinski definition) is 2. The van der Waals surface area contributed by atoms with Crippen LogP contribution in [-0.2, 0) is 22.4 Å². The van der Waals surface area contributed by atoms with Crippen LogP contribution in [0.3, 0.4) is 0 Å². The van der Waals surface area contributed by atoms with Crippen molar-refractivity contribution in [3.8, 4) is 6.07 Å². The van der Waals surface area contributed by atoms with Crippen molar-refractivity contribution in [2.75, 3.05) is 6.54 Å². The number of nitrogens with one attached hydrogen (secondary N) is 2. The van der Waals surface area contributed by atoms with Gasteiger partial charge in [0, 0.05) is 6.42 Å². The Morgan fingerprint density at radius 1 is 1.19 bits per heavy atom. The molecular formula is C20H22N4O3. The average molecular weight is 366 g/mol. The summed E-state index contributed by atoms with van der Waals surface area (Å²) in [6.45, 7) is -0.350. The third kappa shape index (κ3) is 2.95. The van der Waals surface area contributed by atoms with Crippen LogP contribution >= 0.6 is 0 Å². The minimum atomic E-state index is -0.966. The molecule has 2 N–H and O–H groups in total. The van der Waals surface area contributed by atoms with Gasteiger partial charge in [-0.1, -0.05) is 24.3 Å². The summed E-state index contributed by atoms with van der Waals surface area (Å²) in [5.41, 5.74) is 0.417. The summed E-state index contributed by atoms with van der Waals surface area (Å²) in [7, 11) is 0. The summed E-state index contributed by atoms with van der Waals surface area (Å²) in [6, 6.07) is 9.56. The number of fused-ring (bicyclic) bond motifs is 1. The number of aryl methyl sites for hydroxylation is 1. The topological polar surface area (TPSA) is 102 Å². The average Bonchev–Trinajstić information content (AvgIpc) is 3.21. The maximum absolute atomic E-state index is 13.0. The van der Waals surface area contributed by atoms with E-state index in [2.05, 4.69) is 16.7 Å². The fourth-order valence-corrected chi connectivity index (χ4v) is 4.54. The maximum Gasteiger partial charge on any atom is 0.325 e. The largest absolute Gasteiger partial charge is 0.336 e. The van der Waals surface area contributed by atoms with E-state index in [4.69, 9.17) is 0 Å². The van der Waals surface area contributed by atoms with Crippen molar-refractivity contribution in [2.45, 2.75) is 56.0 Å². The van der Waals surface area contributed by atoms with Crippen LogP contribution in [0.4, 0.5) is 4.79 Å². The Morgan fingerprint density at radius 2 is 1.89 bits per heavy atom. The highest BCUT2D eigenvalue weighted by Crippen LogP contribution is 2.34. The van der Waals surface area contributed by atoms with Crippen molar-refractivity contribution >= 4 is 17.8 Å². The standard InChI is InChI=1S/C20H22N4O3/c21-13-19(8-3-4-9-19)22-16(25)12-24-17(26)20(23-18(24)27)10-7-14-5-1-2-6-15(14)11-20/h1-2,5-6H,3-4,7-12H2,(H,22,25)(H,23,27). The van der Waals surface area contributed by atoms with Gasteiger partial charge in [0.15, 0.2) is 0 Å². The van der Waals surface area contributed by atoms with Crippen molar-refractivity contribution in [3.63, 3.8) is 0 Å². The molecule has 27 heavy (non-hydrogen) atoms. The molecule has 1 heterocycles. The molecule has 1 saturated heterocycles. The Kier molecular flexibility index (Phi) is 4.14. The number of carbonyl (C=O) groups is 3. The molecule has 1 aliphatic heterocycles. The highest BCUT2D eigenvalue weighted by atomic mass is 16.2. The van der Waals surface area contributed by atoms with Gasteiger partial charge in [0.25, 0.3) is 5.91 Å². The lowest BCUT2D eigenvalue weighted by Gasteiger charge is -2.32. The number of nitriles is 1. The van der Waals surface area contributed by atoms with E-state index in [0.29, 0.717) is 32.1 Å². The van der Waals surface area contributed by atoms with Gasteiger partial charge in [-0.2, -0.15) is 5.26 Å². The number of imide groups is 1. The van der Waals surface area contributed by atoms with Gasteiger partial charge in [-0.15, -0.1) is 0 Å². The van der Waals surface area contributed by atoms with E-state index < -0.39 is 23.0 Å². The minimum absolute atomic E-state index is 0.350. The first-order valence-electron chi connectivity index (χ1n) is 9.40. The predicted octanol–water partition coefficient (Wildman–Crippen LogP) is 1.42. The number of hydrogen-bond acceptors (Lipinski definition) is 4. The van der Waals surface area contributed by atoms with Gasteiger partial charge in [0.1, 0.15) is 17.6 Å². The lowest BCUT2D eigenvalue weighted by molar-refractivity contribution is -0.135. The number of carbonyl (C=O) groups excluding carboxylic acids is 3. The Balaban J connectivity index is 1.48. The highest BCUT2D eigenvalue weighted by Gasteiger charge is 2.52. The van der Waals surface area contributed by atoms with Gasteiger partial charge >= 0.3 is 6.03 Å². The van der Waals surface area contributed by atoms with E-state index in [1.807, 2.05) is 24.3 Å². The van der Waals surface area contributed by atoms with E-state index in [1.54, 1.807) is 0 Å². The summed E-state index contributed by atoms with van der Waals surface area (Å²) < 4.78 is 0. The molecule has 1 spiro atoms. The molecule has 140 valence electrons. The smallest absolute Gasteiger partial charge is 0.325 e. The predicted molar refractivity (Wildman–Crippen MR) is 96.4 cm³/mol. The first kappa shape index (κ1) is 17.5. The van der Waals surface area contributed by atoms with Crippen molar-refractivity contribution in [2.24, 2.45) is 0 Å². The van der Waals surface area contributed by atoms with Crippen molar-refractivity contribution in [1.82, 2.24) is 15.5 Å². The number of nitrogens with zero attached hydrogens (tertiary/aromatic N) is 2. The highest BCUT2D eigenvalue weighted by molar-refractivity contribution is 6.09. The van der Waals surface area contributed by atoms with Gasteiger partial charge in [-0.25, -0.2) is 4.79 Å². The summed E-state index contributed by atoms with van der Waals surface area (Å²) >= 11 is 0. The molecule has 1 aromatic carbocycles. The minimum Gasteiger partial charge on any atom is -0.336 e. The molecule has 1 atom stereocenters. The lowest BCUT2D eigenvalue weighted by atomic mass is 9.78. The van der Waals surface area contributed by atoms with Crippen LogP contribution in [0.2, 0.25) is 0 Å². The third-order valence-electron chi connectivity index (χ3n) is 6.03. The molecule has 4 rings (SSSR count). The Morgan fingerprint density at radius 3 is 2.59 bits per heavy atom. The number of amides is 4. The fourth-order valence-electron chi connectivity index (χ4n) is 4.54. The Labute approximate surface area is 157 Å². The van der Waals surface area contributed by atoms with Crippen LogP contribution in [-0.4, -0.2) is 40.4 Å². The van der Waals surface area contributed by atoms with Gasteiger partial charge in [0.05, 0.1) is 6.07 Å². The summed E-state index contributed by atoms with van der Waals surface area (Å²) in [4.78, 5) is 38.9. The van der Waals surface area contributed by atoms with Crippen molar-refractivity contribution in [3.05, 3.63) is 35.4 Å². The number of benzene rings is 1. The van der Waals surface area contributed by atoms with E-state index >= 15 is 0 Å². The zero-order valence-electron chi connectivity index (χ0n) is 15.1. The second-order valence-electron chi connectivity index (χ2n) is 7.80. The van der Waals surface area contributed by atoms with Crippen LogP contribution in [0, 0.1) is 11.3 Å². The quantitative estimate of drug-likeness (QED) is 0.790. The zero-order chi connectivity index (χ0) is 19.1. The monoisotopic (exact) mass is 366 g/mol. The first-order valence-corrected chi connectivity index (χ1v) is 9.40. The Bertz CT molecular complexity index is 853. The molecule has 1 saturated carbocycles. The molecular weight excluding hydrogens is 344 g/mol. The van der Waals surface area contributed by atoms with Gasteiger partial charge < -0.3 is 10.6 Å². The summed E-state index contributed by atoms with van der Waals surface area (Å²) in [5, 5.41) is 15.0. The molecule has 1 unspecified atom stereocenters. The molecule has 7 heteroatoms. The van der Waals surface area contributed by atoms with Crippen LogP contribution in [0.25, 0.3) is 0 Å². The normalized spacial score (nSPS) is 25.8. The molecule has 2 aliphatic carbocycles. The zero-order valence-corrected chi connectivity index (χ0v) is 15.1. The van der Waals surface area contributed by atoms with Crippen molar-refractivity contribution < 1.29 is 14.4 Å². The van der Waals surface area contributed by atoms with Gasteiger partial charge in [-0.3, -0.25) is 14.5 Å². The van der Waals surface area contributed by atoms with E-state index in [-0.39, 0.29) is 12.5 Å². The van der Waals surface area contributed by atoms with Gasteiger partial charge in [0.2, 0.25) is 5.91 Å². The number of rotatable bonds is 3. The molecule has 7 nitrogen and oxygen atoms in total. The van der Waals surface area contributed by atoms with E-state index in [9.17, 15) is 19.6 Å². The second-order valence-corrected chi connectivity index (χ2v) is 7.80. The van der Waals surface area contributed by atoms with Gasteiger partial charge in [-0.05, 0) is 49.7 Å². The van der Waals surface area contributed by atoms with Crippen LogP contribution in [0.15, 0.2) is 24.3 Å². The van der Waals surface area contributed by atoms with E-state index in [1.165, 1.54) is 5.56 Å². The molecule has 1 aromatic rings. The molecule has 0 bridgehead atoms. The van der Waals surface area contributed by atoms with Crippen molar-refractivity contribution in [1.29, 1.82) is 5.26 Å². The second kappa shape index (κ2) is 6.38. The maximum atomic E-state index is 13.0. The SMILES string of the molecule is N#CC1(NC(=O)CN2C(=O)NC3(CCc4ccccc4C3)C2=O)CCCC1. The van der Waals surface area contributed by atoms with Crippen LogP contribution in [0.1, 0.15) is 43.2 Å². The third-order valence-corrected chi connectivity index (χ3v) is 6.03. The first-order chi connectivity index (χ1) is 13.0. The molecule has 3 aliphatic rings. The van der Waals surface area contributed by atoms with Crippen LogP contribution in [0.5, 0.6) is 0 Å².